The molecular weight excluding hydrogens is 456 g/mol. The third-order valence-corrected chi connectivity index (χ3v) is 5.78. The molecule has 1 aliphatic heterocycles. The number of aromatic nitrogens is 1. The molecule has 34 heavy (non-hydrogen) atoms. The number of para-hydroxylation sites is 1. The van der Waals surface area contributed by atoms with Crippen LogP contribution in [0.4, 0.5) is 11.5 Å². The molecule has 1 aliphatic rings. The molecular formula is C25H21ClN4O4. The molecule has 2 aromatic carbocycles. The number of carbonyl (C=O) groups excluding carboxylic acids is 1. The SMILES string of the molecule is COc1ccc(C(=O)N2CCN(c3ncccc3Cl)CC2)cc1C#Cc1ccccc1[N+](=O)[O-]. The van der Waals surface area contributed by atoms with Crippen LogP contribution in [-0.4, -0.2) is 54.0 Å². The number of halogens is 1. The van der Waals surface area contributed by atoms with E-state index in [9.17, 15) is 14.9 Å². The number of piperazine rings is 1. The van der Waals surface area contributed by atoms with Crippen molar-refractivity contribution in [3.63, 3.8) is 0 Å². The first-order chi connectivity index (χ1) is 16.5. The van der Waals surface area contributed by atoms with Gasteiger partial charge < -0.3 is 14.5 Å². The molecule has 0 unspecified atom stereocenters. The quantitative estimate of drug-likeness (QED) is 0.321. The molecule has 0 N–H and O–H groups in total. The minimum atomic E-state index is -0.473. The Kier molecular flexibility index (Phi) is 6.95. The fourth-order valence-corrected chi connectivity index (χ4v) is 3.97. The van der Waals surface area contributed by atoms with Gasteiger partial charge in [0.25, 0.3) is 11.6 Å². The summed E-state index contributed by atoms with van der Waals surface area (Å²) in [5.74, 6) is 6.84. The Balaban J connectivity index is 1.53. The lowest BCUT2D eigenvalue weighted by molar-refractivity contribution is -0.385. The number of hydrogen-bond acceptors (Lipinski definition) is 6. The molecule has 8 nitrogen and oxygen atoms in total. The maximum atomic E-state index is 13.2. The summed E-state index contributed by atoms with van der Waals surface area (Å²) in [6.45, 7) is 2.27. The van der Waals surface area contributed by atoms with Gasteiger partial charge in [0.05, 0.1) is 22.6 Å². The van der Waals surface area contributed by atoms with Crippen molar-refractivity contribution in [2.24, 2.45) is 0 Å². The summed E-state index contributed by atoms with van der Waals surface area (Å²) in [5, 5.41) is 11.8. The number of carbonyl (C=O) groups is 1. The van der Waals surface area contributed by atoms with Gasteiger partial charge in [-0.2, -0.15) is 0 Å². The second-order valence-corrected chi connectivity index (χ2v) is 7.93. The van der Waals surface area contributed by atoms with Gasteiger partial charge in [0.15, 0.2) is 0 Å². The molecule has 172 valence electrons. The molecule has 1 amide bonds. The topological polar surface area (TPSA) is 88.8 Å². The highest BCUT2D eigenvalue weighted by Gasteiger charge is 2.24. The Morgan fingerprint density at radius 2 is 1.79 bits per heavy atom. The number of pyridine rings is 1. The van der Waals surface area contributed by atoms with E-state index in [0.29, 0.717) is 53.9 Å². The second kappa shape index (κ2) is 10.2. The van der Waals surface area contributed by atoms with Gasteiger partial charge in [-0.25, -0.2) is 4.98 Å². The zero-order valence-electron chi connectivity index (χ0n) is 18.4. The number of rotatable bonds is 4. The van der Waals surface area contributed by atoms with Crippen LogP contribution in [0.25, 0.3) is 0 Å². The van der Waals surface area contributed by atoms with E-state index in [1.165, 1.54) is 13.2 Å². The van der Waals surface area contributed by atoms with Crippen molar-refractivity contribution in [2.75, 3.05) is 38.2 Å². The van der Waals surface area contributed by atoms with E-state index in [1.54, 1.807) is 59.6 Å². The number of methoxy groups -OCH3 is 1. The number of amides is 1. The minimum Gasteiger partial charge on any atom is -0.495 e. The van der Waals surface area contributed by atoms with Gasteiger partial charge in [-0.1, -0.05) is 35.6 Å². The van der Waals surface area contributed by atoms with Crippen LogP contribution in [0.15, 0.2) is 60.8 Å². The molecule has 0 bridgehead atoms. The standard InChI is InChI=1S/C25H21ClN4O4/c1-34-23-11-10-20(17-19(23)9-8-18-5-2-3-7-22(18)30(32)33)25(31)29-15-13-28(14-16-29)24-21(26)6-4-12-27-24/h2-7,10-12,17H,13-16H2,1H3. The number of nitro groups is 1. The van der Waals surface area contributed by atoms with Crippen LogP contribution in [-0.2, 0) is 0 Å². The van der Waals surface area contributed by atoms with Gasteiger partial charge in [-0.05, 0) is 36.4 Å². The van der Waals surface area contributed by atoms with E-state index in [1.807, 2.05) is 0 Å². The predicted molar refractivity (Wildman–Crippen MR) is 129 cm³/mol. The average Bonchev–Trinajstić information content (AvgIpc) is 2.87. The highest BCUT2D eigenvalue weighted by atomic mass is 35.5. The molecule has 1 fully saturated rings. The molecule has 0 saturated carbocycles. The molecule has 0 radical (unpaired) electrons. The number of hydrogen-bond donors (Lipinski definition) is 0. The zero-order valence-corrected chi connectivity index (χ0v) is 19.2. The molecule has 0 atom stereocenters. The van der Waals surface area contributed by atoms with E-state index in [4.69, 9.17) is 16.3 Å². The third-order valence-electron chi connectivity index (χ3n) is 5.48. The number of nitro benzene ring substituents is 1. The Labute approximate surface area is 201 Å². The van der Waals surface area contributed by atoms with Crippen molar-refractivity contribution in [2.45, 2.75) is 0 Å². The van der Waals surface area contributed by atoms with Crippen molar-refractivity contribution >= 4 is 29.0 Å². The van der Waals surface area contributed by atoms with E-state index >= 15 is 0 Å². The van der Waals surface area contributed by atoms with Crippen molar-refractivity contribution in [3.8, 4) is 17.6 Å². The molecule has 3 aromatic rings. The Morgan fingerprint density at radius 1 is 1.06 bits per heavy atom. The van der Waals surface area contributed by atoms with E-state index in [0.717, 1.165) is 0 Å². The van der Waals surface area contributed by atoms with E-state index in [-0.39, 0.29) is 17.2 Å². The Hall–Kier alpha value is -4.09. The van der Waals surface area contributed by atoms with E-state index in [2.05, 4.69) is 21.7 Å². The van der Waals surface area contributed by atoms with Crippen LogP contribution < -0.4 is 9.64 Å². The van der Waals surface area contributed by atoms with Crippen molar-refractivity contribution in [1.82, 2.24) is 9.88 Å². The summed E-state index contributed by atoms with van der Waals surface area (Å²) in [7, 11) is 1.51. The van der Waals surface area contributed by atoms with E-state index < -0.39 is 4.92 Å². The smallest absolute Gasteiger partial charge is 0.284 e. The maximum Gasteiger partial charge on any atom is 0.284 e. The van der Waals surface area contributed by atoms with Gasteiger partial charge in [-0.15, -0.1) is 0 Å². The van der Waals surface area contributed by atoms with Crippen LogP contribution >= 0.6 is 11.6 Å². The lowest BCUT2D eigenvalue weighted by Crippen LogP contribution is -2.49. The molecule has 1 saturated heterocycles. The number of nitrogens with zero attached hydrogens (tertiary/aromatic N) is 4. The van der Waals surface area contributed by atoms with Gasteiger partial charge >= 0.3 is 0 Å². The summed E-state index contributed by atoms with van der Waals surface area (Å²) in [5.41, 5.74) is 1.16. The Morgan fingerprint density at radius 3 is 2.50 bits per heavy atom. The van der Waals surface area contributed by atoms with Crippen LogP contribution in [0, 0.1) is 22.0 Å². The number of anilines is 1. The van der Waals surface area contributed by atoms with Crippen LogP contribution in [0.2, 0.25) is 5.02 Å². The molecule has 9 heteroatoms. The fourth-order valence-electron chi connectivity index (χ4n) is 3.73. The summed E-state index contributed by atoms with van der Waals surface area (Å²) in [6.07, 6.45) is 1.70. The fraction of sp³-hybridized carbons (Fsp3) is 0.200. The van der Waals surface area contributed by atoms with Crippen molar-refractivity contribution in [3.05, 3.63) is 92.6 Å². The first-order valence-corrected chi connectivity index (χ1v) is 10.9. The van der Waals surface area contributed by atoms with Gasteiger partial charge in [0.2, 0.25) is 0 Å². The molecule has 0 spiro atoms. The minimum absolute atomic E-state index is 0.0768. The largest absolute Gasteiger partial charge is 0.495 e. The summed E-state index contributed by atoms with van der Waals surface area (Å²) in [4.78, 5) is 32.1. The monoisotopic (exact) mass is 476 g/mol. The summed E-state index contributed by atoms with van der Waals surface area (Å²) < 4.78 is 5.38. The normalized spacial score (nSPS) is 13.1. The Bertz CT molecular complexity index is 1290. The van der Waals surface area contributed by atoms with Crippen LogP contribution in [0.3, 0.4) is 0 Å². The summed E-state index contributed by atoms with van der Waals surface area (Å²) in [6, 6.07) is 14.9. The lowest BCUT2D eigenvalue weighted by Gasteiger charge is -2.35. The predicted octanol–water partition coefficient (Wildman–Crippen LogP) is 4.01. The number of benzene rings is 2. The lowest BCUT2D eigenvalue weighted by atomic mass is 10.1. The molecule has 1 aromatic heterocycles. The van der Waals surface area contributed by atoms with Crippen molar-refractivity contribution < 1.29 is 14.5 Å². The molecule has 4 rings (SSSR count). The first-order valence-electron chi connectivity index (χ1n) is 10.6. The maximum absolute atomic E-state index is 13.2. The first kappa shape index (κ1) is 23.1. The van der Waals surface area contributed by atoms with Crippen LogP contribution in [0.5, 0.6) is 5.75 Å². The molecule has 2 heterocycles. The molecule has 0 aliphatic carbocycles. The third kappa shape index (κ3) is 4.95. The van der Waals surface area contributed by atoms with Gasteiger partial charge in [0.1, 0.15) is 17.1 Å². The highest BCUT2D eigenvalue weighted by molar-refractivity contribution is 6.32. The van der Waals surface area contributed by atoms with Gasteiger partial charge in [0, 0.05) is 44.0 Å². The second-order valence-electron chi connectivity index (χ2n) is 7.53. The zero-order chi connectivity index (χ0) is 24.1. The summed E-state index contributed by atoms with van der Waals surface area (Å²) >= 11 is 6.25. The van der Waals surface area contributed by atoms with Crippen LogP contribution in [0.1, 0.15) is 21.5 Å². The number of ether oxygens (including phenoxy) is 1. The van der Waals surface area contributed by atoms with Crippen molar-refractivity contribution in [1.29, 1.82) is 0 Å². The highest BCUT2D eigenvalue weighted by Crippen LogP contribution is 2.25. The average molecular weight is 477 g/mol. The van der Waals surface area contributed by atoms with Gasteiger partial charge in [-0.3, -0.25) is 14.9 Å².